The van der Waals surface area contributed by atoms with E-state index in [1.165, 1.54) is 23.4 Å². The Labute approximate surface area is 204 Å². The number of phenols is 1. The van der Waals surface area contributed by atoms with E-state index in [1.54, 1.807) is 17.6 Å². The first-order valence-electron chi connectivity index (χ1n) is 11.9. The molecule has 0 saturated heterocycles. The van der Waals surface area contributed by atoms with Crippen LogP contribution in [0.3, 0.4) is 0 Å². The number of hydrogen-bond acceptors (Lipinski definition) is 4. The molecule has 1 N–H and O–H groups in total. The molecule has 0 saturated carbocycles. The van der Waals surface area contributed by atoms with Crippen LogP contribution in [0.5, 0.6) is 5.75 Å². The first-order chi connectivity index (χ1) is 16.9. The number of aryl methyl sites for hydroxylation is 3. The molecule has 0 radical (unpaired) electrons. The predicted molar refractivity (Wildman–Crippen MR) is 137 cm³/mol. The second-order valence-corrected chi connectivity index (χ2v) is 9.09. The predicted octanol–water partition coefficient (Wildman–Crippen LogP) is 5.36. The summed E-state index contributed by atoms with van der Waals surface area (Å²) in [6, 6.07) is 20.3. The number of benzene rings is 3. The molecule has 0 amide bonds. The fourth-order valence-electron chi connectivity index (χ4n) is 4.93. The van der Waals surface area contributed by atoms with Crippen molar-refractivity contribution in [1.29, 1.82) is 0 Å². The van der Waals surface area contributed by atoms with Crippen LogP contribution in [0, 0.1) is 12.7 Å². The number of fused-ring (bicyclic) bond motifs is 1. The minimum absolute atomic E-state index is 0.198. The lowest BCUT2D eigenvalue weighted by molar-refractivity contribution is 0.433. The van der Waals surface area contributed by atoms with Crippen LogP contribution in [0.15, 0.2) is 71.5 Å². The van der Waals surface area contributed by atoms with Crippen LogP contribution in [0.25, 0.3) is 22.5 Å². The van der Waals surface area contributed by atoms with Gasteiger partial charge in [0.15, 0.2) is 11.6 Å². The van der Waals surface area contributed by atoms with Crippen LogP contribution >= 0.6 is 0 Å². The van der Waals surface area contributed by atoms with Gasteiger partial charge < -0.3 is 10.0 Å². The maximum absolute atomic E-state index is 14.2. The average molecular weight is 470 g/mol. The van der Waals surface area contributed by atoms with Crippen molar-refractivity contribution in [2.45, 2.75) is 32.7 Å². The molecule has 0 fully saturated rings. The summed E-state index contributed by atoms with van der Waals surface area (Å²) in [4.78, 5) is 21.0. The number of rotatable bonds is 5. The van der Waals surface area contributed by atoms with Gasteiger partial charge >= 0.3 is 0 Å². The van der Waals surface area contributed by atoms with E-state index in [1.807, 2.05) is 36.4 Å². The Morgan fingerprint density at radius 2 is 1.86 bits per heavy atom. The molecule has 0 atom stereocenters. The van der Waals surface area contributed by atoms with Gasteiger partial charge in [-0.3, -0.25) is 9.36 Å². The molecule has 5 nitrogen and oxygen atoms in total. The van der Waals surface area contributed by atoms with Crippen molar-refractivity contribution in [1.82, 2.24) is 9.55 Å². The second-order valence-electron chi connectivity index (χ2n) is 9.09. The summed E-state index contributed by atoms with van der Waals surface area (Å²) in [6.07, 6.45) is 2.64. The van der Waals surface area contributed by atoms with E-state index in [4.69, 9.17) is 4.98 Å². The molecule has 1 aliphatic rings. The summed E-state index contributed by atoms with van der Waals surface area (Å²) in [6.45, 7) is 3.16. The van der Waals surface area contributed by atoms with Crippen LogP contribution in [-0.2, 0) is 19.4 Å². The molecule has 0 bridgehead atoms. The molecular weight excluding hydrogens is 441 g/mol. The standard InChI is InChI=1S/C29H28FN3O2/c1-19-26(22-13-14-25-21(18-22)10-7-16-32(25)2)29(35)33(17-15-20-8-4-3-5-9-20)28(31-19)23-11-6-12-24(30)27(23)34/h3-6,8-9,11-14,18,34H,7,10,15-17H2,1-2H3. The maximum Gasteiger partial charge on any atom is 0.261 e. The van der Waals surface area contributed by atoms with Crippen LogP contribution in [0.4, 0.5) is 10.1 Å². The molecule has 35 heavy (non-hydrogen) atoms. The van der Waals surface area contributed by atoms with Crippen molar-refractivity contribution in [3.05, 3.63) is 99.7 Å². The molecule has 3 aromatic carbocycles. The minimum atomic E-state index is -0.744. The van der Waals surface area contributed by atoms with Crippen molar-refractivity contribution in [3.8, 4) is 28.3 Å². The zero-order valence-electron chi connectivity index (χ0n) is 20.0. The highest BCUT2D eigenvalue weighted by molar-refractivity contribution is 5.73. The van der Waals surface area contributed by atoms with Crippen molar-refractivity contribution in [2.24, 2.45) is 0 Å². The molecule has 1 aliphatic heterocycles. The van der Waals surface area contributed by atoms with Crippen molar-refractivity contribution in [2.75, 3.05) is 18.5 Å². The van der Waals surface area contributed by atoms with Crippen LogP contribution in [0.2, 0.25) is 0 Å². The smallest absolute Gasteiger partial charge is 0.261 e. The lowest BCUT2D eigenvalue weighted by Crippen LogP contribution is -2.27. The maximum atomic E-state index is 14.2. The largest absolute Gasteiger partial charge is 0.504 e. The van der Waals surface area contributed by atoms with Gasteiger partial charge in [-0.25, -0.2) is 9.37 Å². The van der Waals surface area contributed by atoms with Crippen LogP contribution in [0.1, 0.15) is 23.2 Å². The topological polar surface area (TPSA) is 58.4 Å². The van der Waals surface area contributed by atoms with E-state index in [0.717, 1.165) is 30.5 Å². The van der Waals surface area contributed by atoms with E-state index in [0.29, 0.717) is 24.2 Å². The van der Waals surface area contributed by atoms with E-state index in [-0.39, 0.29) is 16.9 Å². The Hall–Kier alpha value is -3.93. The third kappa shape index (κ3) is 4.32. The number of aromatic hydroxyl groups is 1. The quantitative estimate of drug-likeness (QED) is 0.428. The molecule has 4 aromatic rings. The van der Waals surface area contributed by atoms with E-state index < -0.39 is 11.6 Å². The van der Waals surface area contributed by atoms with Gasteiger partial charge in [-0.05, 0) is 67.1 Å². The third-order valence-electron chi connectivity index (χ3n) is 6.76. The molecule has 2 heterocycles. The molecule has 0 aliphatic carbocycles. The van der Waals surface area contributed by atoms with E-state index >= 15 is 0 Å². The van der Waals surface area contributed by atoms with Gasteiger partial charge in [-0.2, -0.15) is 0 Å². The number of aromatic nitrogens is 2. The number of halogens is 1. The number of hydrogen-bond donors (Lipinski definition) is 1. The van der Waals surface area contributed by atoms with Gasteiger partial charge in [-0.1, -0.05) is 42.5 Å². The van der Waals surface area contributed by atoms with Gasteiger partial charge in [0.2, 0.25) is 0 Å². The Bertz CT molecular complexity index is 1450. The summed E-state index contributed by atoms with van der Waals surface area (Å²) in [7, 11) is 2.08. The lowest BCUT2D eigenvalue weighted by Gasteiger charge is -2.28. The summed E-state index contributed by atoms with van der Waals surface area (Å²) >= 11 is 0. The van der Waals surface area contributed by atoms with Crippen LogP contribution < -0.4 is 10.5 Å². The number of anilines is 1. The van der Waals surface area contributed by atoms with Crippen molar-refractivity contribution in [3.63, 3.8) is 0 Å². The summed E-state index contributed by atoms with van der Waals surface area (Å²) in [5.74, 6) is -0.981. The molecular formula is C29H28FN3O2. The third-order valence-corrected chi connectivity index (χ3v) is 6.76. The van der Waals surface area contributed by atoms with Crippen molar-refractivity contribution >= 4 is 5.69 Å². The van der Waals surface area contributed by atoms with E-state index in [2.05, 4.69) is 24.1 Å². The zero-order chi connectivity index (χ0) is 24.5. The molecule has 5 rings (SSSR count). The Kier molecular flexibility index (Phi) is 6.12. The first kappa shape index (κ1) is 22.8. The summed E-state index contributed by atoms with van der Waals surface area (Å²) in [5.41, 5.74) is 5.41. The lowest BCUT2D eigenvalue weighted by atomic mass is 9.96. The van der Waals surface area contributed by atoms with Crippen molar-refractivity contribution < 1.29 is 9.50 Å². The van der Waals surface area contributed by atoms with Gasteiger partial charge in [-0.15, -0.1) is 0 Å². The SMILES string of the molecule is Cc1nc(-c2cccc(F)c2O)n(CCc2ccccc2)c(=O)c1-c1ccc2c(c1)CCCN2C. The highest BCUT2D eigenvalue weighted by atomic mass is 19.1. The summed E-state index contributed by atoms with van der Waals surface area (Å²) < 4.78 is 15.8. The molecule has 0 unspecified atom stereocenters. The second kappa shape index (κ2) is 9.37. The Balaban J connectivity index is 1.67. The normalized spacial score (nSPS) is 13.1. The highest BCUT2D eigenvalue weighted by Crippen LogP contribution is 2.33. The van der Waals surface area contributed by atoms with Gasteiger partial charge in [0, 0.05) is 25.8 Å². The molecule has 178 valence electrons. The monoisotopic (exact) mass is 469 g/mol. The summed E-state index contributed by atoms with van der Waals surface area (Å²) in [5, 5.41) is 10.5. The number of nitrogens with zero attached hydrogens (tertiary/aromatic N) is 3. The zero-order valence-corrected chi connectivity index (χ0v) is 20.0. The Morgan fingerprint density at radius 3 is 2.66 bits per heavy atom. The van der Waals surface area contributed by atoms with Gasteiger partial charge in [0.25, 0.3) is 5.56 Å². The first-order valence-corrected chi connectivity index (χ1v) is 11.9. The number of para-hydroxylation sites is 1. The fraction of sp³-hybridized carbons (Fsp3) is 0.241. The fourth-order valence-corrected chi connectivity index (χ4v) is 4.93. The average Bonchev–Trinajstić information content (AvgIpc) is 2.86. The minimum Gasteiger partial charge on any atom is -0.504 e. The number of phenolic OH excluding ortho intramolecular Hbond substituents is 1. The molecule has 6 heteroatoms. The highest BCUT2D eigenvalue weighted by Gasteiger charge is 2.22. The molecule has 0 spiro atoms. The van der Waals surface area contributed by atoms with Gasteiger partial charge in [0.05, 0.1) is 16.8 Å². The molecule has 1 aromatic heterocycles. The van der Waals surface area contributed by atoms with Gasteiger partial charge in [0.1, 0.15) is 5.82 Å². The van der Waals surface area contributed by atoms with E-state index in [9.17, 15) is 14.3 Å². The Morgan fingerprint density at radius 1 is 1.06 bits per heavy atom. The van der Waals surface area contributed by atoms with Crippen LogP contribution in [-0.4, -0.2) is 28.3 Å².